The van der Waals surface area contributed by atoms with E-state index in [-0.39, 0.29) is 6.10 Å². The molecule has 1 aliphatic rings. The molecule has 0 aliphatic heterocycles. The van der Waals surface area contributed by atoms with Gasteiger partial charge in [-0.2, -0.15) is 0 Å². The van der Waals surface area contributed by atoms with Gasteiger partial charge in [0.2, 0.25) is 0 Å². The second kappa shape index (κ2) is 4.97. The van der Waals surface area contributed by atoms with Gasteiger partial charge in [-0.1, -0.05) is 18.1 Å². The van der Waals surface area contributed by atoms with Crippen LogP contribution in [0.3, 0.4) is 0 Å². The molecule has 14 heavy (non-hydrogen) atoms. The van der Waals surface area contributed by atoms with E-state index in [2.05, 4.69) is 19.9 Å². The van der Waals surface area contributed by atoms with Crippen LogP contribution < -0.4 is 0 Å². The number of rotatable bonds is 6. The first-order valence-electron chi connectivity index (χ1n) is 5.85. The minimum Gasteiger partial charge on any atom is -0.393 e. The summed E-state index contributed by atoms with van der Waals surface area (Å²) in [6.45, 7) is 6.23. The third kappa shape index (κ3) is 4.28. The van der Waals surface area contributed by atoms with Crippen LogP contribution in [0.25, 0.3) is 0 Å². The van der Waals surface area contributed by atoms with Crippen molar-refractivity contribution in [2.75, 3.05) is 0 Å². The second-order valence-corrected chi connectivity index (χ2v) is 5.23. The fraction of sp³-hybridized carbons (Fsp3) is 0.846. The molecule has 0 radical (unpaired) electrons. The van der Waals surface area contributed by atoms with E-state index in [1.54, 1.807) is 0 Å². The molecule has 0 spiro atoms. The zero-order valence-corrected chi connectivity index (χ0v) is 9.84. The first-order valence-corrected chi connectivity index (χ1v) is 5.85. The van der Waals surface area contributed by atoms with Crippen LogP contribution in [0.1, 0.15) is 59.3 Å². The average molecular weight is 196 g/mol. The molecule has 1 aliphatic carbocycles. The lowest BCUT2D eigenvalue weighted by molar-refractivity contribution is 0.177. The predicted octanol–water partition coefficient (Wildman–Crippen LogP) is 3.67. The number of hydrogen-bond acceptors (Lipinski definition) is 1. The lowest BCUT2D eigenvalue weighted by Crippen LogP contribution is -2.03. The molecule has 0 bridgehead atoms. The predicted molar refractivity (Wildman–Crippen MR) is 61.2 cm³/mol. The fourth-order valence-electron chi connectivity index (χ4n) is 1.93. The molecule has 0 unspecified atom stereocenters. The van der Waals surface area contributed by atoms with Gasteiger partial charge in [-0.05, 0) is 58.3 Å². The van der Waals surface area contributed by atoms with Gasteiger partial charge in [0.25, 0.3) is 0 Å². The Morgan fingerprint density at radius 3 is 2.50 bits per heavy atom. The Kier molecular flexibility index (Phi) is 4.18. The zero-order valence-electron chi connectivity index (χ0n) is 9.84. The maximum absolute atomic E-state index is 9.18. The molecule has 0 heterocycles. The van der Waals surface area contributed by atoms with Crippen molar-refractivity contribution in [3.05, 3.63) is 11.6 Å². The molecule has 0 aromatic rings. The molecule has 1 heteroatoms. The van der Waals surface area contributed by atoms with Crippen LogP contribution in [0.15, 0.2) is 11.6 Å². The Hall–Kier alpha value is -0.300. The van der Waals surface area contributed by atoms with Gasteiger partial charge in [0.15, 0.2) is 0 Å². The highest BCUT2D eigenvalue weighted by atomic mass is 16.3. The summed E-state index contributed by atoms with van der Waals surface area (Å²) < 4.78 is 0. The normalized spacial score (nSPS) is 20.3. The molecule has 0 amide bonds. The molecule has 1 N–H and O–H groups in total. The quantitative estimate of drug-likeness (QED) is 0.643. The average Bonchev–Trinajstić information content (AvgIpc) is 2.82. The van der Waals surface area contributed by atoms with Gasteiger partial charge in [-0.3, -0.25) is 0 Å². The molecule has 1 rings (SSSR count). The van der Waals surface area contributed by atoms with Crippen molar-refractivity contribution < 1.29 is 5.11 Å². The van der Waals surface area contributed by atoms with Crippen molar-refractivity contribution in [1.29, 1.82) is 0 Å². The Morgan fingerprint density at radius 1 is 1.43 bits per heavy atom. The van der Waals surface area contributed by atoms with Crippen LogP contribution in [-0.4, -0.2) is 11.2 Å². The van der Waals surface area contributed by atoms with E-state index in [0.29, 0.717) is 5.41 Å². The topological polar surface area (TPSA) is 20.2 Å². The summed E-state index contributed by atoms with van der Waals surface area (Å²) in [7, 11) is 0. The van der Waals surface area contributed by atoms with Crippen LogP contribution in [0.5, 0.6) is 0 Å². The van der Waals surface area contributed by atoms with E-state index < -0.39 is 0 Å². The zero-order chi connectivity index (χ0) is 10.6. The van der Waals surface area contributed by atoms with Crippen LogP contribution >= 0.6 is 0 Å². The van der Waals surface area contributed by atoms with Gasteiger partial charge in [0.05, 0.1) is 6.10 Å². The van der Waals surface area contributed by atoms with E-state index >= 15 is 0 Å². The Balaban J connectivity index is 2.19. The number of hydrogen-bond donors (Lipinski definition) is 1. The first kappa shape index (κ1) is 11.8. The Morgan fingerprint density at radius 2 is 2.07 bits per heavy atom. The fourth-order valence-corrected chi connectivity index (χ4v) is 1.93. The summed E-state index contributed by atoms with van der Waals surface area (Å²) in [5, 5.41) is 9.18. The Labute approximate surface area is 88.2 Å². The standard InChI is InChI=1S/C13H24O/c1-11(2)6-8-13(9-10-13)7-4-5-12(3)14/h6,12,14H,4-5,7-10H2,1-3H3/t12-/m1/s1. The van der Waals surface area contributed by atoms with Crippen LogP contribution in [0, 0.1) is 5.41 Å². The largest absolute Gasteiger partial charge is 0.393 e. The maximum Gasteiger partial charge on any atom is 0.0512 e. The van der Waals surface area contributed by atoms with E-state index in [1.807, 2.05) is 6.92 Å². The molecule has 0 saturated heterocycles. The third-order valence-corrected chi connectivity index (χ3v) is 3.23. The SMILES string of the molecule is CC(C)=CCC1(CCC[C@@H](C)O)CC1. The van der Waals surface area contributed by atoms with Crippen molar-refractivity contribution in [3.8, 4) is 0 Å². The summed E-state index contributed by atoms with van der Waals surface area (Å²) in [6.07, 6.45) is 9.78. The van der Waals surface area contributed by atoms with Crippen molar-refractivity contribution in [1.82, 2.24) is 0 Å². The summed E-state index contributed by atoms with van der Waals surface area (Å²) in [4.78, 5) is 0. The molecular formula is C13H24O. The molecule has 1 saturated carbocycles. The lowest BCUT2D eigenvalue weighted by atomic mass is 9.93. The monoisotopic (exact) mass is 196 g/mol. The highest BCUT2D eigenvalue weighted by Crippen LogP contribution is 2.53. The van der Waals surface area contributed by atoms with Crippen molar-refractivity contribution >= 4 is 0 Å². The van der Waals surface area contributed by atoms with Crippen molar-refractivity contribution in [3.63, 3.8) is 0 Å². The van der Waals surface area contributed by atoms with Gasteiger partial charge in [0, 0.05) is 0 Å². The van der Waals surface area contributed by atoms with Crippen LogP contribution in [0.2, 0.25) is 0 Å². The molecule has 0 aromatic carbocycles. The maximum atomic E-state index is 9.18. The molecule has 1 fully saturated rings. The second-order valence-electron chi connectivity index (χ2n) is 5.23. The molecule has 1 nitrogen and oxygen atoms in total. The minimum absolute atomic E-state index is 0.116. The Bertz CT molecular complexity index is 195. The first-order chi connectivity index (χ1) is 6.54. The summed E-state index contributed by atoms with van der Waals surface area (Å²) in [5.74, 6) is 0. The van der Waals surface area contributed by atoms with Gasteiger partial charge in [-0.15, -0.1) is 0 Å². The van der Waals surface area contributed by atoms with Crippen molar-refractivity contribution in [2.24, 2.45) is 5.41 Å². The number of allylic oxidation sites excluding steroid dienone is 2. The van der Waals surface area contributed by atoms with E-state index in [0.717, 1.165) is 6.42 Å². The van der Waals surface area contributed by atoms with Gasteiger partial charge in [0.1, 0.15) is 0 Å². The summed E-state index contributed by atoms with van der Waals surface area (Å²) in [5.41, 5.74) is 2.07. The van der Waals surface area contributed by atoms with Gasteiger partial charge < -0.3 is 5.11 Å². The van der Waals surface area contributed by atoms with E-state index in [4.69, 9.17) is 0 Å². The lowest BCUT2D eigenvalue weighted by Gasteiger charge is -2.13. The summed E-state index contributed by atoms with van der Waals surface area (Å²) >= 11 is 0. The third-order valence-electron chi connectivity index (χ3n) is 3.23. The number of aliphatic hydroxyl groups is 1. The highest BCUT2D eigenvalue weighted by molar-refractivity contribution is 5.03. The smallest absolute Gasteiger partial charge is 0.0512 e. The molecule has 82 valence electrons. The van der Waals surface area contributed by atoms with Crippen LogP contribution in [-0.2, 0) is 0 Å². The molecule has 0 aromatic heterocycles. The number of aliphatic hydroxyl groups excluding tert-OH is 1. The highest BCUT2D eigenvalue weighted by Gasteiger charge is 2.40. The van der Waals surface area contributed by atoms with Crippen molar-refractivity contribution in [2.45, 2.75) is 65.4 Å². The minimum atomic E-state index is -0.116. The summed E-state index contributed by atoms with van der Waals surface area (Å²) in [6, 6.07) is 0. The van der Waals surface area contributed by atoms with Gasteiger partial charge >= 0.3 is 0 Å². The van der Waals surface area contributed by atoms with Gasteiger partial charge in [-0.25, -0.2) is 0 Å². The molecule has 1 atom stereocenters. The van der Waals surface area contributed by atoms with E-state index in [9.17, 15) is 5.11 Å². The molecular weight excluding hydrogens is 172 g/mol. The van der Waals surface area contributed by atoms with E-state index in [1.165, 1.54) is 37.7 Å². The van der Waals surface area contributed by atoms with Crippen LogP contribution in [0.4, 0.5) is 0 Å².